The number of anilines is 3. The molecule has 0 fully saturated rings. The van der Waals surface area contributed by atoms with Crippen LogP contribution in [0.15, 0.2) is 134 Å². The molecule has 0 spiro atoms. The van der Waals surface area contributed by atoms with Crippen molar-refractivity contribution in [1.29, 1.82) is 0 Å². The molecule has 4 aromatic carbocycles. The van der Waals surface area contributed by atoms with Crippen molar-refractivity contribution in [2.75, 3.05) is 4.90 Å². The predicted octanol–water partition coefficient (Wildman–Crippen LogP) is 7.56. The average Bonchev–Trinajstić information content (AvgIpc) is 3.45. The number of hydrogen-bond donors (Lipinski definition) is 0. The van der Waals surface area contributed by atoms with Crippen LogP contribution in [-0.2, 0) is 0 Å². The van der Waals surface area contributed by atoms with Crippen LogP contribution < -0.4 is 4.90 Å². The maximum atomic E-state index is 5.14. The molecule has 0 aliphatic rings. The smallest absolute Gasteiger partial charge is 0.138 e. The van der Waals surface area contributed by atoms with Crippen molar-refractivity contribution < 1.29 is 0 Å². The Morgan fingerprint density at radius 2 is 1.38 bits per heavy atom. The molecule has 4 nitrogen and oxygen atoms in total. The zero-order valence-corrected chi connectivity index (χ0v) is 18.5. The summed E-state index contributed by atoms with van der Waals surface area (Å²) in [5, 5.41) is 6.80. The minimum atomic E-state index is 0.856. The van der Waals surface area contributed by atoms with Crippen LogP contribution in [0.2, 0.25) is 0 Å². The summed E-state index contributed by atoms with van der Waals surface area (Å²) < 4.78 is 1.87. The molecule has 0 amide bonds. The first-order valence-electron chi connectivity index (χ1n) is 11.3. The zero-order chi connectivity index (χ0) is 22.7. The third-order valence-electron chi connectivity index (χ3n) is 5.90. The molecule has 0 bridgehead atoms. The highest BCUT2D eigenvalue weighted by Gasteiger charge is 2.16. The summed E-state index contributed by atoms with van der Waals surface area (Å²) in [5.41, 5.74) is 5.12. The van der Waals surface area contributed by atoms with Gasteiger partial charge >= 0.3 is 0 Å². The van der Waals surface area contributed by atoms with E-state index in [4.69, 9.17) is 4.98 Å². The molecule has 6 rings (SSSR count). The average molecular weight is 439 g/mol. The Labute approximate surface area is 198 Å². The largest absolute Gasteiger partial charge is 0.295 e. The van der Waals surface area contributed by atoms with Gasteiger partial charge < -0.3 is 0 Å². The second kappa shape index (κ2) is 8.68. The fourth-order valence-corrected chi connectivity index (χ4v) is 4.33. The number of para-hydroxylation sites is 1. The standard InChI is InChI=1S/C30H22N4/c1-2-12-24(13-3-1)34(26-15-7-14-25(22-26)33-21-9-20-31-33)30-19-8-18-29(32-30)28-17-6-11-23-10-4-5-16-27(23)28/h1-22H. The van der Waals surface area contributed by atoms with Gasteiger partial charge in [0.25, 0.3) is 0 Å². The van der Waals surface area contributed by atoms with E-state index in [0.717, 1.165) is 34.1 Å². The lowest BCUT2D eigenvalue weighted by Crippen LogP contribution is -2.12. The molecule has 0 radical (unpaired) electrons. The van der Waals surface area contributed by atoms with Gasteiger partial charge in [0.05, 0.1) is 11.4 Å². The van der Waals surface area contributed by atoms with Crippen LogP contribution in [0.25, 0.3) is 27.7 Å². The Hall–Kier alpha value is -4.70. The minimum Gasteiger partial charge on any atom is -0.295 e. The molecule has 0 aliphatic heterocycles. The van der Waals surface area contributed by atoms with Crippen LogP contribution in [-0.4, -0.2) is 14.8 Å². The van der Waals surface area contributed by atoms with E-state index in [1.165, 1.54) is 10.8 Å². The van der Waals surface area contributed by atoms with E-state index < -0.39 is 0 Å². The van der Waals surface area contributed by atoms with Gasteiger partial charge in [0.2, 0.25) is 0 Å². The maximum Gasteiger partial charge on any atom is 0.138 e. The number of rotatable bonds is 5. The Bertz CT molecular complexity index is 1550. The highest BCUT2D eigenvalue weighted by molar-refractivity contribution is 5.96. The van der Waals surface area contributed by atoms with Gasteiger partial charge in [-0.3, -0.25) is 4.90 Å². The molecular weight excluding hydrogens is 416 g/mol. The molecule has 0 unspecified atom stereocenters. The van der Waals surface area contributed by atoms with E-state index in [-0.39, 0.29) is 0 Å². The fraction of sp³-hybridized carbons (Fsp3) is 0. The van der Waals surface area contributed by atoms with Gasteiger partial charge in [-0.05, 0) is 59.3 Å². The SMILES string of the molecule is c1ccc(N(c2cccc(-n3cccn3)c2)c2cccc(-c3cccc4ccccc34)n2)cc1. The molecule has 2 aromatic heterocycles. The van der Waals surface area contributed by atoms with E-state index in [0.29, 0.717) is 0 Å². The highest BCUT2D eigenvalue weighted by atomic mass is 15.3. The predicted molar refractivity (Wildman–Crippen MR) is 139 cm³/mol. The van der Waals surface area contributed by atoms with Crippen molar-refractivity contribution in [3.05, 3.63) is 134 Å². The van der Waals surface area contributed by atoms with E-state index >= 15 is 0 Å². The third-order valence-corrected chi connectivity index (χ3v) is 5.90. The number of nitrogens with zero attached hydrogens (tertiary/aromatic N) is 4. The molecule has 0 N–H and O–H groups in total. The molecule has 162 valence electrons. The molecule has 0 saturated heterocycles. The summed E-state index contributed by atoms with van der Waals surface area (Å²) in [4.78, 5) is 7.32. The van der Waals surface area contributed by atoms with Gasteiger partial charge in [-0.25, -0.2) is 9.67 Å². The molecule has 6 aromatic rings. The number of hydrogen-bond acceptors (Lipinski definition) is 3. The summed E-state index contributed by atoms with van der Waals surface area (Å²) in [6.45, 7) is 0. The highest BCUT2D eigenvalue weighted by Crippen LogP contribution is 2.36. The minimum absolute atomic E-state index is 0.856. The van der Waals surface area contributed by atoms with Crippen molar-refractivity contribution in [1.82, 2.24) is 14.8 Å². The summed E-state index contributed by atoms with van der Waals surface area (Å²) in [6, 6.07) is 41.6. The van der Waals surface area contributed by atoms with Crippen molar-refractivity contribution in [3.63, 3.8) is 0 Å². The number of benzene rings is 4. The van der Waals surface area contributed by atoms with Crippen LogP contribution in [0, 0.1) is 0 Å². The summed E-state index contributed by atoms with van der Waals surface area (Å²) in [5.74, 6) is 0.856. The van der Waals surface area contributed by atoms with Gasteiger partial charge in [0.15, 0.2) is 0 Å². The van der Waals surface area contributed by atoms with Gasteiger partial charge in [0.1, 0.15) is 5.82 Å². The number of pyridine rings is 1. The Balaban J connectivity index is 1.51. The van der Waals surface area contributed by atoms with Gasteiger partial charge in [0, 0.05) is 29.3 Å². The lowest BCUT2D eigenvalue weighted by atomic mass is 10.0. The topological polar surface area (TPSA) is 34.0 Å². The molecule has 4 heteroatoms. The monoisotopic (exact) mass is 438 g/mol. The van der Waals surface area contributed by atoms with Crippen LogP contribution in [0.3, 0.4) is 0 Å². The first-order chi connectivity index (χ1) is 16.9. The van der Waals surface area contributed by atoms with Gasteiger partial charge in [-0.1, -0.05) is 72.8 Å². The fourth-order valence-electron chi connectivity index (χ4n) is 4.33. The van der Waals surface area contributed by atoms with Crippen LogP contribution >= 0.6 is 0 Å². The second-order valence-electron chi connectivity index (χ2n) is 8.05. The normalized spacial score (nSPS) is 10.9. The van der Waals surface area contributed by atoms with Crippen LogP contribution in [0.5, 0.6) is 0 Å². The summed E-state index contributed by atoms with van der Waals surface area (Å²) in [6.07, 6.45) is 3.74. The molecule has 2 heterocycles. The first kappa shape index (κ1) is 19.9. The second-order valence-corrected chi connectivity index (χ2v) is 8.05. The lowest BCUT2D eigenvalue weighted by Gasteiger charge is -2.25. The van der Waals surface area contributed by atoms with Gasteiger partial charge in [-0.2, -0.15) is 5.10 Å². The molecule has 0 saturated carbocycles. The molecule has 34 heavy (non-hydrogen) atoms. The number of aromatic nitrogens is 3. The van der Waals surface area contributed by atoms with Gasteiger partial charge in [-0.15, -0.1) is 0 Å². The number of fused-ring (bicyclic) bond motifs is 1. The van der Waals surface area contributed by atoms with Crippen LogP contribution in [0.4, 0.5) is 17.2 Å². The van der Waals surface area contributed by atoms with Crippen molar-refractivity contribution in [2.24, 2.45) is 0 Å². The first-order valence-corrected chi connectivity index (χ1v) is 11.3. The molecular formula is C30H22N4. The maximum absolute atomic E-state index is 5.14. The van der Waals surface area contributed by atoms with E-state index in [9.17, 15) is 0 Å². The zero-order valence-electron chi connectivity index (χ0n) is 18.5. The Kier molecular flexibility index (Phi) is 5.09. The van der Waals surface area contributed by atoms with E-state index in [2.05, 4.69) is 107 Å². The molecule has 0 aliphatic carbocycles. The van der Waals surface area contributed by atoms with Crippen molar-refractivity contribution in [3.8, 4) is 16.9 Å². The Morgan fingerprint density at radius 3 is 2.26 bits per heavy atom. The molecule has 0 atom stereocenters. The van der Waals surface area contributed by atoms with Crippen molar-refractivity contribution in [2.45, 2.75) is 0 Å². The van der Waals surface area contributed by atoms with E-state index in [1.807, 2.05) is 35.1 Å². The quantitative estimate of drug-likeness (QED) is 0.278. The van der Waals surface area contributed by atoms with E-state index in [1.54, 1.807) is 6.20 Å². The Morgan fingerprint density at radius 1 is 0.618 bits per heavy atom. The summed E-state index contributed by atoms with van der Waals surface area (Å²) >= 11 is 0. The van der Waals surface area contributed by atoms with Crippen LogP contribution in [0.1, 0.15) is 0 Å². The lowest BCUT2D eigenvalue weighted by molar-refractivity contribution is 0.880. The summed E-state index contributed by atoms with van der Waals surface area (Å²) in [7, 11) is 0. The van der Waals surface area contributed by atoms with Crippen molar-refractivity contribution >= 4 is 28.0 Å². The third kappa shape index (κ3) is 3.71.